The van der Waals surface area contributed by atoms with Gasteiger partial charge in [-0.2, -0.15) is 0 Å². The predicted molar refractivity (Wildman–Crippen MR) is 311 cm³/mol. The van der Waals surface area contributed by atoms with E-state index in [-0.39, 0.29) is 53.1 Å². The molecule has 6 aromatic rings. The summed E-state index contributed by atoms with van der Waals surface area (Å²) in [6, 6.07) is 34.5. The number of benzene rings is 5. The molecule has 0 bridgehead atoms. The molecule has 0 amide bonds. The normalized spacial score (nSPS) is 16.2. The van der Waals surface area contributed by atoms with Gasteiger partial charge in [-0.05, 0) is 162 Å². The van der Waals surface area contributed by atoms with Gasteiger partial charge in [-0.1, -0.05) is 60.1 Å². The Hall–Kier alpha value is -4.84. The molecule has 2 N–H and O–H groups in total. The lowest BCUT2D eigenvalue weighted by atomic mass is 9.94. The van der Waals surface area contributed by atoms with Gasteiger partial charge in [0.2, 0.25) is 7.37 Å². The third-order valence-electron chi connectivity index (χ3n) is 14.7. The summed E-state index contributed by atoms with van der Waals surface area (Å²) in [7, 11) is -11.9. The molecule has 0 spiro atoms. The van der Waals surface area contributed by atoms with Crippen LogP contribution in [0.5, 0.6) is 0 Å². The maximum absolute atomic E-state index is 15.8. The van der Waals surface area contributed by atoms with Crippen LogP contribution in [0, 0.1) is 34.7 Å². The molecule has 418 valence electrons. The Morgan fingerprint density at radius 1 is 0.846 bits per heavy atom. The van der Waals surface area contributed by atoms with Crippen molar-refractivity contribution in [3.8, 4) is 22.4 Å². The Morgan fingerprint density at radius 3 is 2.10 bits per heavy atom. The zero-order valence-electron chi connectivity index (χ0n) is 44.7. The van der Waals surface area contributed by atoms with Crippen molar-refractivity contribution < 1.29 is 45.7 Å². The molecule has 1 aromatic heterocycles. The summed E-state index contributed by atoms with van der Waals surface area (Å²) < 4.78 is 81.8. The summed E-state index contributed by atoms with van der Waals surface area (Å²) in [5, 5.41) is 13.6. The first kappa shape index (κ1) is 59.3. The molecular weight excluding hydrogens is 1100 g/mol. The minimum atomic E-state index is -4.53. The standard InChI is InChI=1S/C57H69ClFN5O10P2S2/c1-6-73-75(67,52-21-16-46(54(36-52)64(65)66)32-44(39-77-53-10-8-7-9-11-53)24-27-60-25-22-42(23-26-60)37-74-76(68,69)70)38-43-12-19-50(20-13-43)61-28-30-62(31-29-61)51-34-47(33-49(59)35-51)55-56(45-14-17-48(58)18-15-45)63(40(2)3)41(4)57(55)78(5,71)72/h7-21,33-36,40,42,44H,6,22-32,37-39H2,1-5H3,(H2,68,69,70)/t44-,75?/m0/s1. The van der Waals surface area contributed by atoms with Gasteiger partial charge in [-0.3, -0.25) is 19.2 Å². The number of thioether (sulfide) groups is 1. The maximum Gasteiger partial charge on any atom is 0.469 e. The number of hydrogen-bond acceptors (Lipinski definition) is 12. The van der Waals surface area contributed by atoms with Gasteiger partial charge in [-0.15, -0.1) is 11.8 Å². The van der Waals surface area contributed by atoms with Crippen LogP contribution in [0.2, 0.25) is 5.02 Å². The minimum absolute atomic E-state index is 0.0182. The van der Waals surface area contributed by atoms with Crippen LogP contribution in [0.1, 0.15) is 62.9 Å². The maximum atomic E-state index is 15.8. The molecule has 21 heteroatoms. The summed E-state index contributed by atoms with van der Waals surface area (Å²) in [5.41, 5.74) is 5.70. The van der Waals surface area contributed by atoms with E-state index in [0.717, 1.165) is 66.4 Å². The van der Waals surface area contributed by atoms with E-state index in [1.165, 1.54) is 24.5 Å². The molecule has 15 nitrogen and oxygen atoms in total. The van der Waals surface area contributed by atoms with Crippen molar-refractivity contribution in [2.24, 2.45) is 11.8 Å². The number of sulfone groups is 1. The van der Waals surface area contributed by atoms with Crippen LogP contribution in [-0.4, -0.2) is 104 Å². The van der Waals surface area contributed by atoms with Crippen LogP contribution in [0.4, 0.5) is 21.5 Å². The quantitative estimate of drug-likeness (QED) is 0.0267. The second kappa shape index (κ2) is 25.7. The summed E-state index contributed by atoms with van der Waals surface area (Å²) in [5.74, 6) is 0.369. The smallest absolute Gasteiger partial charge is 0.368 e. The summed E-state index contributed by atoms with van der Waals surface area (Å²) >= 11 is 7.98. The molecule has 8 rings (SSSR count). The molecule has 0 aliphatic carbocycles. The lowest BCUT2D eigenvalue weighted by Crippen LogP contribution is -2.46. The Kier molecular flexibility index (Phi) is 19.6. The lowest BCUT2D eigenvalue weighted by molar-refractivity contribution is -0.385. The highest BCUT2D eigenvalue weighted by Gasteiger charge is 2.33. The predicted octanol–water partition coefficient (Wildman–Crippen LogP) is 12.4. The van der Waals surface area contributed by atoms with Crippen molar-refractivity contribution >= 4 is 70.8 Å². The molecule has 2 atom stereocenters. The van der Waals surface area contributed by atoms with E-state index in [2.05, 4.69) is 14.7 Å². The van der Waals surface area contributed by atoms with Gasteiger partial charge in [0, 0.05) is 93.7 Å². The number of nitro benzene ring substituents is 1. The van der Waals surface area contributed by atoms with E-state index in [0.29, 0.717) is 71.4 Å². The van der Waals surface area contributed by atoms with E-state index >= 15 is 4.39 Å². The summed E-state index contributed by atoms with van der Waals surface area (Å²) in [4.78, 5) is 38.6. The number of phosphoric acid groups is 1. The topological polar surface area (TPSA) is 185 Å². The number of phosphoric ester groups is 1. The first-order chi connectivity index (χ1) is 37.1. The van der Waals surface area contributed by atoms with Crippen LogP contribution >= 0.6 is 38.6 Å². The van der Waals surface area contributed by atoms with Crippen molar-refractivity contribution in [1.82, 2.24) is 9.47 Å². The number of piperidine rings is 1. The van der Waals surface area contributed by atoms with Crippen LogP contribution in [0.3, 0.4) is 0 Å². The molecule has 0 radical (unpaired) electrons. The third kappa shape index (κ3) is 14.9. The molecule has 2 saturated heterocycles. The molecule has 3 heterocycles. The molecule has 78 heavy (non-hydrogen) atoms. The highest BCUT2D eigenvalue weighted by atomic mass is 35.5. The van der Waals surface area contributed by atoms with Crippen LogP contribution in [0.15, 0.2) is 125 Å². The fraction of sp³-hybridized carbons (Fsp3) is 0.404. The van der Waals surface area contributed by atoms with Crippen molar-refractivity contribution in [2.75, 3.05) is 80.8 Å². The number of nitrogens with zero attached hydrogens (tertiary/aromatic N) is 5. The van der Waals surface area contributed by atoms with E-state index in [9.17, 15) is 27.7 Å². The van der Waals surface area contributed by atoms with Gasteiger partial charge >= 0.3 is 7.82 Å². The van der Waals surface area contributed by atoms with Crippen molar-refractivity contribution in [2.45, 2.75) is 75.4 Å². The summed E-state index contributed by atoms with van der Waals surface area (Å²) in [6.45, 7) is 12.3. The van der Waals surface area contributed by atoms with Crippen molar-refractivity contribution in [3.63, 3.8) is 0 Å². The van der Waals surface area contributed by atoms with Gasteiger partial charge < -0.3 is 33.6 Å². The number of anilines is 2. The second-order valence-corrected chi connectivity index (χ2v) is 27.8. The monoisotopic (exact) mass is 1160 g/mol. The average molecular weight is 1160 g/mol. The molecule has 0 saturated carbocycles. The molecule has 2 aliphatic rings. The molecule has 2 aliphatic heterocycles. The molecule has 1 unspecified atom stereocenters. The number of piperazine rings is 1. The largest absolute Gasteiger partial charge is 0.469 e. The molecular formula is C57H69ClFN5O10P2S2. The summed E-state index contributed by atoms with van der Waals surface area (Å²) in [6.07, 6.45) is 3.94. The van der Waals surface area contributed by atoms with Crippen molar-refractivity contribution in [3.05, 3.63) is 153 Å². The SMILES string of the molecule is CCOP(=O)(Cc1ccc(N2CCN(c3cc(F)cc(-c4c(S(C)(=O)=O)c(C)n(C(C)C)c4-c4ccc(Cl)cc4)c3)CC2)cc1)c1ccc(C[C@H](CCN2CCC(COP(=O)(O)O)CC2)CSc2ccccc2)c([N+](=O)[O-])c1. The highest BCUT2D eigenvalue weighted by Crippen LogP contribution is 2.50. The minimum Gasteiger partial charge on any atom is -0.368 e. The Balaban J connectivity index is 0.950. The molecule has 5 aromatic carbocycles. The number of likely N-dealkylation sites (tertiary alicyclic amines) is 1. The fourth-order valence-electron chi connectivity index (χ4n) is 10.9. The van der Waals surface area contributed by atoms with E-state index in [1.807, 2.05) is 91.2 Å². The van der Waals surface area contributed by atoms with Gasteiger partial charge in [0.25, 0.3) is 5.69 Å². The number of rotatable bonds is 23. The van der Waals surface area contributed by atoms with Crippen LogP contribution in [-0.2, 0) is 40.6 Å². The van der Waals surface area contributed by atoms with Gasteiger partial charge in [0.1, 0.15) is 5.82 Å². The fourth-order valence-corrected chi connectivity index (χ4v) is 15.8. The molecule has 2 fully saturated rings. The number of aromatic nitrogens is 1. The Bertz CT molecular complexity index is 3260. The number of halogens is 2. The first-order valence-corrected chi connectivity index (χ1v) is 32.9. The lowest BCUT2D eigenvalue weighted by Gasteiger charge is -2.37. The van der Waals surface area contributed by atoms with E-state index in [4.69, 9.17) is 30.4 Å². The average Bonchev–Trinajstić information content (AvgIpc) is 3.80. The Morgan fingerprint density at radius 2 is 1.50 bits per heavy atom. The van der Waals surface area contributed by atoms with Crippen LogP contribution in [0.25, 0.3) is 22.4 Å². The van der Waals surface area contributed by atoms with Gasteiger partial charge in [0.15, 0.2) is 9.84 Å². The van der Waals surface area contributed by atoms with Crippen molar-refractivity contribution in [1.29, 1.82) is 0 Å². The van der Waals surface area contributed by atoms with Gasteiger partial charge in [0.05, 0.1) is 34.9 Å². The zero-order chi connectivity index (χ0) is 55.9. The third-order valence-corrected chi connectivity index (χ3v) is 20.4. The van der Waals surface area contributed by atoms with E-state index in [1.54, 1.807) is 49.9 Å². The highest BCUT2D eigenvalue weighted by molar-refractivity contribution is 7.99. The van der Waals surface area contributed by atoms with E-state index < -0.39 is 35.8 Å². The Labute approximate surface area is 466 Å². The first-order valence-electron chi connectivity index (χ1n) is 26.3. The second-order valence-electron chi connectivity index (χ2n) is 20.6. The number of nitro groups is 1. The zero-order valence-corrected chi connectivity index (χ0v) is 48.8. The van der Waals surface area contributed by atoms with Gasteiger partial charge in [-0.25, -0.2) is 17.4 Å². The van der Waals surface area contributed by atoms with Crippen LogP contribution < -0.4 is 15.1 Å². The number of hydrogen-bond donors (Lipinski definition) is 2.